The molecule has 0 aliphatic carbocycles. The van der Waals surface area contributed by atoms with Crippen LogP contribution in [0.4, 0.5) is 10.5 Å². The normalized spacial score (nSPS) is 10.3. The highest BCUT2D eigenvalue weighted by molar-refractivity contribution is 6.30. The van der Waals surface area contributed by atoms with Gasteiger partial charge in [0.15, 0.2) is 0 Å². The Balaban J connectivity index is 1.97. The average Bonchev–Trinajstić information content (AvgIpc) is 2.52. The van der Waals surface area contributed by atoms with Crippen LogP contribution in [0.3, 0.4) is 0 Å². The van der Waals surface area contributed by atoms with E-state index in [-0.39, 0.29) is 18.0 Å². The first-order chi connectivity index (χ1) is 11.4. The molecule has 24 heavy (non-hydrogen) atoms. The molecular formula is C18H20ClN3O2. The van der Waals surface area contributed by atoms with Crippen molar-refractivity contribution >= 4 is 29.2 Å². The molecule has 3 N–H and O–H groups in total. The van der Waals surface area contributed by atoms with Crippen LogP contribution in [0.1, 0.15) is 29.8 Å². The molecule has 0 saturated heterocycles. The lowest BCUT2D eigenvalue weighted by atomic mass is 10.1. The van der Waals surface area contributed by atoms with Gasteiger partial charge in [-0.15, -0.1) is 0 Å². The monoisotopic (exact) mass is 345 g/mol. The van der Waals surface area contributed by atoms with Crippen LogP contribution in [0.5, 0.6) is 0 Å². The summed E-state index contributed by atoms with van der Waals surface area (Å²) in [6.45, 7) is 4.13. The van der Waals surface area contributed by atoms with Crippen LogP contribution in [0, 0.1) is 0 Å². The molecule has 0 spiro atoms. The van der Waals surface area contributed by atoms with Gasteiger partial charge in [-0.3, -0.25) is 4.79 Å². The van der Waals surface area contributed by atoms with Gasteiger partial charge in [0, 0.05) is 28.9 Å². The predicted octanol–water partition coefficient (Wildman–Crippen LogP) is 3.80. The van der Waals surface area contributed by atoms with Crippen molar-refractivity contribution in [1.82, 2.24) is 10.6 Å². The van der Waals surface area contributed by atoms with Crippen LogP contribution < -0.4 is 16.0 Å². The zero-order chi connectivity index (χ0) is 17.5. The van der Waals surface area contributed by atoms with Gasteiger partial charge in [0.05, 0.1) is 0 Å². The van der Waals surface area contributed by atoms with Crippen LogP contribution in [0.15, 0.2) is 48.5 Å². The first-order valence-corrected chi connectivity index (χ1v) is 8.02. The number of anilines is 1. The smallest absolute Gasteiger partial charge is 0.319 e. The van der Waals surface area contributed by atoms with E-state index in [4.69, 9.17) is 11.6 Å². The lowest BCUT2D eigenvalue weighted by molar-refractivity contribution is 0.0951. The molecular weight excluding hydrogens is 326 g/mol. The molecule has 0 aliphatic rings. The van der Waals surface area contributed by atoms with Gasteiger partial charge >= 0.3 is 6.03 Å². The van der Waals surface area contributed by atoms with Crippen molar-refractivity contribution in [3.63, 3.8) is 0 Å². The number of hydrogen-bond acceptors (Lipinski definition) is 2. The van der Waals surface area contributed by atoms with E-state index in [2.05, 4.69) is 16.0 Å². The molecule has 126 valence electrons. The second kappa shape index (κ2) is 8.36. The number of urea groups is 1. The van der Waals surface area contributed by atoms with Crippen LogP contribution in [-0.4, -0.2) is 18.0 Å². The minimum absolute atomic E-state index is 0.0363. The van der Waals surface area contributed by atoms with Crippen molar-refractivity contribution < 1.29 is 9.59 Å². The lowest BCUT2D eigenvalue weighted by Crippen LogP contribution is -2.34. The van der Waals surface area contributed by atoms with E-state index < -0.39 is 0 Å². The van der Waals surface area contributed by atoms with Gasteiger partial charge in [-0.2, -0.15) is 0 Å². The second-order valence-electron chi connectivity index (χ2n) is 5.65. The molecule has 0 aromatic heterocycles. The van der Waals surface area contributed by atoms with E-state index in [0.29, 0.717) is 22.8 Å². The summed E-state index contributed by atoms with van der Waals surface area (Å²) in [6.07, 6.45) is 0. The number of halogens is 1. The van der Waals surface area contributed by atoms with Gasteiger partial charge in [0.2, 0.25) is 0 Å². The van der Waals surface area contributed by atoms with Gasteiger partial charge in [0.25, 0.3) is 5.91 Å². The fourth-order valence-electron chi connectivity index (χ4n) is 2.10. The molecule has 0 heterocycles. The average molecular weight is 346 g/mol. The summed E-state index contributed by atoms with van der Waals surface area (Å²) in [4.78, 5) is 24.0. The molecule has 2 aromatic carbocycles. The Kier molecular flexibility index (Phi) is 6.21. The third-order valence-corrected chi connectivity index (χ3v) is 3.38. The van der Waals surface area contributed by atoms with Crippen molar-refractivity contribution in [2.75, 3.05) is 5.32 Å². The Morgan fingerprint density at radius 3 is 2.54 bits per heavy atom. The summed E-state index contributed by atoms with van der Waals surface area (Å²) in [6, 6.07) is 13.8. The maximum absolute atomic E-state index is 12.2. The summed E-state index contributed by atoms with van der Waals surface area (Å²) < 4.78 is 0. The van der Waals surface area contributed by atoms with Gasteiger partial charge in [-0.1, -0.05) is 29.8 Å². The Hall–Kier alpha value is -2.53. The number of carbonyl (C=O) groups is 2. The number of rotatable bonds is 5. The van der Waals surface area contributed by atoms with E-state index in [1.807, 2.05) is 26.0 Å². The summed E-state index contributed by atoms with van der Waals surface area (Å²) in [5, 5.41) is 8.89. The number of carbonyl (C=O) groups excluding carboxylic acids is 2. The molecule has 0 atom stereocenters. The lowest BCUT2D eigenvalue weighted by Gasteiger charge is -2.11. The van der Waals surface area contributed by atoms with E-state index >= 15 is 0 Å². The molecule has 0 aliphatic heterocycles. The highest BCUT2D eigenvalue weighted by atomic mass is 35.5. The fraction of sp³-hybridized carbons (Fsp3) is 0.222. The topological polar surface area (TPSA) is 70.2 Å². The minimum atomic E-state index is -0.304. The second-order valence-corrected chi connectivity index (χ2v) is 6.08. The molecule has 6 heteroatoms. The summed E-state index contributed by atoms with van der Waals surface area (Å²) >= 11 is 5.92. The molecule has 0 unspecified atom stereocenters. The van der Waals surface area contributed by atoms with Crippen molar-refractivity contribution in [2.24, 2.45) is 0 Å². The van der Waals surface area contributed by atoms with Gasteiger partial charge < -0.3 is 16.0 Å². The highest BCUT2D eigenvalue weighted by Crippen LogP contribution is 2.12. The summed E-state index contributed by atoms with van der Waals surface area (Å²) in [5.41, 5.74) is 1.95. The van der Waals surface area contributed by atoms with Crippen LogP contribution in [0.2, 0.25) is 5.02 Å². The van der Waals surface area contributed by atoms with Crippen molar-refractivity contribution in [3.05, 3.63) is 64.7 Å². The molecule has 5 nitrogen and oxygen atoms in total. The molecule has 2 aromatic rings. The van der Waals surface area contributed by atoms with Crippen molar-refractivity contribution in [2.45, 2.75) is 26.4 Å². The molecule has 0 bridgehead atoms. The van der Waals surface area contributed by atoms with E-state index in [1.165, 1.54) is 0 Å². The highest BCUT2D eigenvalue weighted by Gasteiger charge is 2.08. The number of hydrogen-bond donors (Lipinski definition) is 3. The van der Waals surface area contributed by atoms with Gasteiger partial charge in [0.1, 0.15) is 0 Å². The molecule has 3 amide bonds. The number of amides is 3. The largest absolute Gasteiger partial charge is 0.348 e. The van der Waals surface area contributed by atoms with Gasteiger partial charge in [-0.25, -0.2) is 4.79 Å². The van der Waals surface area contributed by atoms with Crippen LogP contribution in [0.25, 0.3) is 0 Å². The Bertz CT molecular complexity index is 732. The van der Waals surface area contributed by atoms with Crippen LogP contribution in [-0.2, 0) is 6.54 Å². The number of benzene rings is 2. The number of nitrogens with one attached hydrogen (secondary N) is 3. The van der Waals surface area contributed by atoms with Crippen molar-refractivity contribution in [1.29, 1.82) is 0 Å². The predicted molar refractivity (Wildman–Crippen MR) is 96.4 cm³/mol. The van der Waals surface area contributed by atoms with E-state index in [1.54, 1.807) is 36.4 Å². The zero-order valence-corrected chi connectivity index (χ0v) is 14.4. The van der Waals surface area contributed by atoms with E-state index in [0.717, 1.165) is 5.56 Å². The standard InChI is InChI=1S/C18H20ClN3O2/c1-12(2)21-18(24)22-16-8-4-6-14(10-16)17(23)20-11-13-5-3-7-15(19)9-13/h3-10,12H,11H2,1-2H3,(H,20,23)(H2,21,22,24). The summed E-state index contributed by atoms with van der Waals surface area (Å²) in [5.74, 6) is -0.220. The first-order valence-electron chi connectivity index (χ1n) is 7.64. The summed E-state index contributed by atoms with van der Waals surface area (Å²) in [7, 11) is 0. The quantitative estimate of drug-likeness (QED) is 0.771. The SMILES string of the molecule is CC(C)NC(=O)Nc1cccc(C(=O)NCc2cccc(Cl)c2)c1. The minimum Gasteiger partial charge on any atom is -0.348 e. The third-order valence-electron chi connectivity index (χ3n) is 3.14. The van der Waals surface area contributed by atoms with Gasteiger partial charge in [-0.05, 0) is 49.7 Å². The van der Waals surface area contributed by atoms with E-state index in [9.17, 15) is 9.59 Å². The maximum atomic E-state index is 12.2. The molecule has 0 fully saturated rings. The maximum Gasteiger partial charge on any atom is 0.319 e. The Morgan fingerprint density at radius 1 is 1.08 bits per heavy atom. The Labute approximate surface area is 146 Å². The fourth-order valence-corrected chi connectivity index (χ4v) is 2.31. The molecule has 2 rings (SSSR count). The first kappa shape index (κ1) is 17.8. The Morgan fingerprint density at radius 2 is 1.83 bits per heavy atom. The third kappa shape index (κ3) is 5.59. The molecule has 0 saturated carbocycles. The van der Waals surface area contributed by atoms with Crippen LogP contribution >= 0.6 is 11.6 Å². The zero-order valence-electron chi connectivity index (χ0n) is 13.6. The molecule has 0 radical (unpaired) electrons. The van der Waals surface area contributed by atoms with Crippen molar-refractivity contribution in [3.8, 4) is 0 Å².